The number of nitrogens with one attached hydrogen (secondary N) is 1. The highest BCUT2D eigenvalue weighted by molar-refractivity contribution is 5.80. The van der Waals surface area contributed by atoms with Gasteiger partial charge in [-0.2, -0.15) is 5.26 Å². The van der Waals surface area contributed by atoms with E-state index in [0.29, 0.717) is 23.2 Å². The molecule has 0 bridgehead atoms. The Bertz CT molecular complexity index is 636. The van der Waals surface area contributed by atoms with Crippen LogP contribution in [0.5, 0.6) is 0 Å². The average molecular weight is 282 g/mol. The van der Waals surface area contributed by atoms with Crippen molar-refractivity contribution >= 4 is 11.7 Å². The summed E-state index contributed by atoms with van der Waals surface area (Å²) in [6.07, 6.45) is 5.77. The van der Waals surface area contributed by atoms with E-state index in [2.05, 4.69) is 5.32 Å². The number of carboxylic acid groups (broad SMARTS) is 1. The third-order valence-corrected chi connectivity index (χ3v) is 3.30. The Kier molecular flexibility index (Phi) is 4.10. The Morgan fingerprint density at radius 2 is 2.14 bits per heavy atom. The number of carboxylic acids is 1. The van der Waals surface area contributed by atoms with Crippen molar-refractivity contribution in [1.82, 2.24) is 0 Å². The van der Waals surface area contributed by atoms with E-state index >= 15 is 0 Å². The minimum atomic E-state index is -1.21. The molecule has 0 heterocycles. The second kappa shape index (κ2) is 5.81. The highest BCUT2D eigenvalue weighted by Gasteiger charge is 2.25. The fraction of sp³-hybridized carbons (Fsp3) is 0.250. The zero-order valence-electron chi connectivity index (χ0n) is 11.7. The van der Waals surface area contributed by atoms with Gasteiger partial charge in [0, 0.05) is 11.2 Å². The van der Waals surface area contributed by atoms with Gasteiger partial charge in [-0.3, -0.25) is 0 Å². The quantitative estimate of drug-likeness (QED) is 0.846. The molecule has 0 amide bonds. The Morgan fingerprint density at radius 1 is 1.48 bits per heavy atom. The molecule has 0 aliphatic heterocycles. The molecular formula is C16H16N3O2-. The van der Waals surface area contributed by atoms with Crippen LogP contribution in [0.4, 0.5) is 5.69 Å². The summed E-state index contributed by atoms with van der Waals surface area (Å²) in [6, 6.07) is 7.63. The van der Waals surface area contributed by atoms with Crippen molar-refractivity contribution < 1.29 is 9.90 Å². The van der Waals surface area contributed by atoms with Crippen LogP contribution < -0.4 is 16.2 Å². The van der Waals surface area contributed by atoms with Crippen LogP contribution in [0.2, 0.25) is 0 Å². The van der Waals surface area contributed by atoms with Gasteiger partial charge in [-0.05, 0) is 43.2 Å². The fourth-order valence-corrected chi connectivity index (χ4v) is 2.26. The van der Waals surface area contributed by atoms with Gasteiger partial charge in [0.15, 0.2) is 0 Å². The first-order valence-electron chi connectivity index (χ1n) is 6.56. The number of nitriles is 1. The molecule has 0 saturated carbocycles. The molecule has 5 nitrogen and oxygen atoms in total. The summed E-state index contributed by atoms with van der Waals surface area (Å²) < 4.78 is 0. The molecule has 21 heavy (non-hydrogen) atoms. The zero-order valence-corrected chi connectivity index (χ0v) is 11.7. The smallest absolute Gasteiger partial charge is 0.0991 e. The monoisotopic (exact) mass is 282 g/mol. The summed E-state index contributed by atoms with van der Waals surface area (Å²) in [4.78, 5) is 11.4. The van der Waals surface area contributed by atoms with Crippen molar-refractivity contribution in [1.29, 1.82) is 5.26 Å². The third-order valence-electron chi connectivity index (χ3n) is 3.30. The average Bonchev–Trinajstić information content (AvgIpc) is 2.44. The van der Waals surface area contributed by atoms with Crippen LogP contribution in [0.15, 0.2) is 48.1 Å². The molecule has 1 aliphatic carbocycles. The van der Waals surface area contributed by atoms with Gasteiger partial charge >= 0.3 is 0 Å². The number of hydrogen-bond acceptors (Lipinski definition) is 5. The summed E-state index contributed by atoms with van der Waals surface area (Å²) in [5.74, 6) is -1.21. The van der Waals surface area contributed by atoms with Crippen LogP contribution in [-0.4, -0.2) is 17.6 Å². The summed E-state index contributed by atoms with van der Waals surface area (Å²) in [7, 11) is 0. The van der Waals surface area contributed by atoms with Crippen LogP contribution >= 0.6 is 0 Å². The molecule has 1 aromatic carbocycles. The van der Waals surface area contributed by atoms with E-state index in [0.717, 1.165) is 0 Å². The number of carbonyl (C=O) groups excluding carboxylic acids is 1. The number of nitrogens with two attached hydrogens (primary N) is 1. The van der Waals surface area contributed by atoms with Gasteiger partial charge in [-0.15, -0.1) is 0 Å². The van der Waals surface area contributed by atoms with E-state index in [4.69, 9.17) is 11.0 Å². The number of allylic oxidation sites excluding steroid dienone is 2. The van der Waals surface area contributed by atoms with E-state index in [9.17, 15) is 9.90 Å². The molecule has 108 valence electrons. The molecule has 1 aliphatic rings. The van der Waals surface area contributed by atoms with Gasteiger partial charge in [0.25, 0.3) is 0 Å². The van der Waals surface area contributed by atoms with Gasteiger partial charge in [0.1, 0.15) is 0 Å². The Labute approximate surface area is 123 Å². The van der Waals surface area contributed by atoms with Crippen molar-refractivity contribution in [3.63, 3.8) is 0 Å². The van der Waals surface area contributed by atoms with E-state index in [1.807, 2.05) is 19.1 Å². The lowest BCUT2D eigenvalue weighted by Crippen LogP contribution is -2.45. The Morgan fingerprint density at radius 3 is 2.67 bits per heavy atom. The normalized spacial score (nSPS) is 22.0. The number of carbonyl (C=O) groups is 1. The zero-order chi connectivity index (χ0) is 15.5. The van der Waals surface area contributed by atoms with Crippen LogP contribution in [0.25, 0.3) is 0 Å². The van der Waals surface area contributed by atoms with E-state index in [-0.39, 0.29) is 0 Å². The molecule has 2 unspecified atom stereocenters. The largest absolute Gasteiger partial charge is 0.548 e. The summed E-state index contributed by atoms with van der Waals surface area (Å²) in [5, 5.41) is 23.1. The van der Waals surface area contributed by atoms with Crippen LogP contribution in [0, 0.1) is 11.3 Å². The highest BCUT2D eigenvalue weighted by Crippen LogP contribution is 2.24. The minimum absolute atomic E-state index is 0.436. The van der Waals surface area contributed by atoms with E-state index < -0.39 is 17.6 Å². The first kappa shape index (κ1) is 14.8. The van der Waals surface area contributed by atoms with Crippen molar-refractivity contribution in [2.24, 2.45) is 5.73 Å². The van der Waals surface area contributed by atoms with Crippen molar-refractivity contribution in [3.05, 3.63) is 53.6 Å². The first-order valence-corrected chi connectivity index (χ1v) is 6.56. The molecule has 0 spiro atoms. The number of hydrogen-bond donors (Lipinski definition) is 2. The van der Waals surface area contributed by atoms with E-state index in [1.54, 1.807) is 36.4 Å². The third kappa shape index (κ3) is 3.71. The topological polar surface area (TPSA) is 102 Å². The fourth-order valence-electron chi connectivity index (χ4n) is 2.26. The molecule has 0 saturated heterocycles. The van der Waals surface area contributed by atoms with Crippen molar-refractivity contribution in [3.8, 4) is 6.07 Å². The Balaban J connectivity index is 2.20. The maximum Gasteiger partial charge on any atom is 0.0991 e. The lowest BCUT2D eigenvalue weighted by atomic mass is 9.86. The standard InChI is InChI=1S/C16H17N3O2/c1-16(18)8-2-3-12(9-16)14(15(20)21)19-13-6-4-11(10-17)5-7-13/h2-8,14,19H,9,18H2,1H3,(H,20,21)/p-1. The maximum atomic E-state index is 11.4. The maximum absolute atomic E-state index is 11.4. The SMILES string of the molecule is CC1(N)C=CC=C(C(Nc2ccc(C#N)cc2)C(=O)[O-])C1. The van der Waals surface area contributed by atoms with Gasteiger partial charge < -0.3 is 21.0 Å². The molecule has 0 aromatic heterocycles. The molecule has 3 N–H and O–H groups in total. The molecule has 1 aromatic rings. The number of aliphatic carboxylic acids is 1. The summed E-state index contributed by atoms with van der Waals surface area (Å²) >= 11 is 0. The molecule has 2 rings (SSSR count). The molecule has 0 radical (unpaired) electrons. The van der Waals surface area contributed by atoms with Crippen LogP contribution in [-0.2, 0) is 4.79 Å². The second-order valence-corrected chi connectivity index (χ2v) is 5.37. The lowest BCUT2D eigenvalue weighted by Gasteiger charge is -2.31. The number of nitrogens with zero attached hydrogens (tertiary/aromatic N) is 1. The molecule has 2 atom stereocenters. The second-order valence-electron chi connectivity index (χ2n) is 5.37. The van der Waals surface area contributed by atoms with Gasteiger partial charge in [-0.1, -0.05) is 18.2 Å². The Hall–Kier alpha value is -2.58. The van der Waals surface area contributed by atoms with E-state index in [1.165, 1.54) is 0 Å². The predicted octanol–water partition coefficient (Wildman–Crippen LogP) is 0.692. The number of benzene rings is 1. The molecule has 5 heteroatoms. The van der Waals surface area contributed by atoms with Gasteiger partial charge in [-0.25, -0.2) is 0 Å². The number of anilines is 1. The summed E-state index contributed by atoms with van der Waals surface area (Å²) in [5.41, 5.74) is 7.25. The molecular weight excluding hydrogens is 266 g/mol. The number of rotatable bonds is 4. The van der Waals surface area contributed by atoms with Crippen LogP contribution in [0.3, 0.4) is 0 Å². The molecule has 0 fully saturated rings. The lowest BCUT2D eigenvalue weighted by molar-refractivity contribution is -0.305. The predicted molar refractivity (Wildman–Crippen MR) is 78.0 cm³/mol. The van der Waals surface area contributed by atoms with Gasteiger partial charge in [0.05, 0.1) is 23.6 Å². The van der Waals surface area contributed by atoms with Gasteiger partial charge in [0.2, 0.25) is 0 Å². The summed E-state index contributed by atoms with van der Waals surface area (Å²) in [6.45, 7) is 1.84. The first-order chi connectivity index (χ1) is 9.91. The van der Waals surface area contributed by atoms with Crippen molar-refractivity contribution in [2.45, 2.75) is 24.9 Å². The van der Waals surface area contributed by atoms with Crippen molar-refractivity contribution in [2.75, 3.05) is 5.32 Å². The minimum Gasteiger partial charge on any atom is -0.548 e. The van der Waals surface area contributed by atoms with Crippen LogP contribution in [0.1, 0.15) is 18.9 Å². The highest BCUT2D eigenvalue weighted by atomic mass is 16.4.